The number of carboxylic acid groups (broad SMARTS) is 1. The lowest BCUT2D eigenvalue weighted by Gasteiger charge is -2.27. The zero-order valence-corrected chi connectivity index (χ0v) is 13.4. The van der Waals surface area contributed by atoms with E-state index in [0.717, 1.165) is 24.5 Å². The molecule has 5 nitrogen and oxygen atoms in total. The van der Waals surface area contributed by atoms with Crippen molar-refractivity contribution in [3.8, 4) is 0 Å². The number of rotatable bonds is 6. The molecule has 2 fully saturated rings. The Bertz CT molecular complexity index is 534. The van der Waals surface area contributed by atoms with Crippen molar-refractivity contribution >= 4 is 5.97 Å². The Morgan fingerprint density at radius 2 is 2.18 bits per heavy atom. The maximum atomic E-state index is 11.8. The fraction of sp³-hybridized carbons (Fsp3) is 0.765. The Morgan fingerprint density at radius 3 is 2.82 bits per heavy atom. The van der Waals surface area contributed by atoms with Gasteiger partial charge < -0.3 is 15.4 Å². The molecule has 3 rings (SSSR count). The molecule has 1 heterocycles. The summed E-state index contributed by atoms with van der Waals surface area (Å²) >= 11 is 0. The third kappa shape index (κ3) is 2.67. The zero-order valence-electron chi connectivity index (χ0n) is 13.4. The maximum absolute atomic E-state index is 11.8. The lowest BCUT2D eigenvalue weighted by atomic mass is 9.87. The highest BCUT2D eigenvalue weighted by Crippen LogP contribution is 2.56. The second-order valence-electron chi connectivity index (χ2n) is 7.23. The summed E-state index contributed by atoms with van der Waals surface area (Å²) in [6.07, 6.45) is 11.2. The van der Waals surface area contributed by atoms with Crippen molar-refractivity contribution in [3.05, 3.63) is 18.2 Å². The SMILES string of the molecule is CC1CCC(n2cnc([C@@]3(C(=O)O)C[C@@H]3CCCN)c2)CC1. The van der Waals surface area contributed by atoms with Crippen LogP contribution < -0.4 is 5.73 Å². The quantitative estimate of drug-likeness (QED) is 0.846. The molecule has 22 heavy (non-hydrogen) atoms. The maximum Gasteiger partial charge on any atom is 0.316 e. The summed E-state index contributed by atoms with van der Waals surface area (Å²) in [7, 11) is 0. The molecule has 0 unspecified atom stereocenters. The summed E-state index contributed by atoms with van der Waals surface area (Å²) in [6, 6.07) is 0.490. The van der Waals surface area contributed by atoms with Gasteiger partial charge in [-0.1, -0.05) is 6.92 Å². The van der Waals surface area contributed by atoms with Crippen LogP contribution >= 0.6 is 0 Å². The van der Waals surface area contributed by atoms with Crippen molar-refractivity contribution in [2.24, 2.45) is 17.6 Å². The topological polar surface area (TPSA) is 81.1 Å². The number of aliphatic carboxylic acids is 1. The highest BCUT2D eigenvalue weighted by Gasteiger charge is 2.62. The second-order valence-corrected chi connectivity index (χ2v) is 7.23. The zero-order chi connectivity index (χ0) is 15.7. The molecule has 122 valence electrons. The van der Waals surface area contributed by atoms with Gasteiger partial charge in [-0.05, 0) is 63.3 Å². The summed E-state index contributed by atoms with van der Waals surface area (Å²) < 4.78 is 2.16. The van der Waals surface area contributed by atoms with E-state index in [1.54, 1.807) is 0 Å². The molecule has 2 saturated carbocycles. The molecule has 0 amide bonds. The number of nitrogens with two attached hydrogens (primary N) is 1. The monoisotopic (exact) mass is 305 g/mol. The van der Waals surface area contributed by atoms with E-state index in [2.05, 4.69) is 16.5 Å². The standard InChI is InChI=1S/C17H27N3O2/c1-12-4-6-14(7-5-12)20-10-15(19-11-20)17(16(21)22)9-13(17)3-2-8-18/h10-14H,2-9,18H2,1H3,(H,21,22)/t12?,13-,14?,17+/m0/s1. The number of carbonyl (C=O) groups is 1. The molecular formula is C17H27N3O2. The van der Waals surface area contributed by atoms with Gasteiger partial charge >= 0.3 is 5.97 Å². The Labute approximate surface area is 131 Å². The molecule has 0 aliphatic heterocycles. The lowest BCUT2D eigenvalue weighted by Crippen LogP contribution is -2.23. The minimum Gasteiger partial charge on any atom is -0.481 e. The summed E-state index contributed by atoms with van der Waals surface area (Å²) in [5, 5.41) is 9.70. The molecule has 2 atom stereocenters. The molecule has 0 bridgehead atoms. The van der Waals surface area contributed by atoms with Crippen LogP contribution in [0.15, 0.2) is 12.5 Å². The van der Waals surface area contributed by atoms with E-state index in [9.17, 15) is 9.90 Å². The van der Waals surface area contributed by atoms with Crippen LogP contribution in [0.25, 0.3) is 0 Å². The van der Waals surface area contributed by atoms with Crippen molar-refractivity contribution in [1.29, 1.82) is 0 Å². The number of hydrogen-bond acceptors (Lipinski definition) is 3. The summed E-state index contributed by atoms with van der Waals surface area (Å²) in [6.45, 7) is 2.93. The van der Waals surface area contributed by atoms with Crippen molar-refractivity contribution in [1.82, 2.24) is 9.55 Å². The molecule has 0 spiro atoms. The van der Waals surface area contributed by atoms with E-state index in [-0.39, 0.29) is 5.92 Å². The summed E-state index contributed by atoms with van der Waals surface area (Å²) in [5.41, 5.74) is 5.56. The highest BCUT2D eigenvalue weighted by molar-refractivity contribution is 5.85. The molecule has 2 aliphatic carbocycles. The van der Waals surface area contributed by atoms with E-state index in [1.807, 2.05) is 12.5 Å². The second kappa shape index (κ2) is 6.03. The fourth-order valence-electron chi connectivity index (χ4n) is 4.04. The van der Waals surface area contributed by atoms with Gasteiger partial charge in [0.25, 0.3) is 0 Å². The van der Waals surface area contributed by atoms with Gasteiger partial charge in [0.05, 0.1) is 12.0 Å². The molecule has 1 aromatic heterocycles. The first-order valence-corrected chi connectivity index (χ1v) is 8.55. The van der Waals surface area contributed by atoms with Crippen LogP contribution in [0.4, 0.5) is 0 Å². The van der Waals surface area contributed by atoms with Gasteiger partial charge in [-0.2, -0.15) is 0 Å². The van der Waals surface area contributed by atoms with E-state index in [4.69, 9.17) is 5.73 Å². The average Bonchev–Trinajstić information content (AvgIpc) is 3.04. The van der Waals surface area contributed by atoms with Gasteiger partial charge in [0.1, 0.15) is 5.41 Å². The number of aromatic nitrogens is 2. The van der Waals surface area contributed by atoms with Gasteiger partial charge in [0, 0.05) is 12.2 Å². The average molecular weight is 305 g/mol. The number of nitrogens with zero attached hydrogens (tertiary/aromatic N) is 2. The molecule has 0 radical (unpaired) electrons. The van der Waals surface area contributed by atoms with Gasteiger partial charge in [-0.25, -0.2) is 4.98 Å². The fourth-order valence-corrected chi connectivity index (χ4v) is 4.04. The molecule has 2 aliphatic rings. The molecule has 1 aromatic rings. The van der Waals surface area contributed by atoms with Gasteiger partial charge in [-0.15, -0.1) is 0 Å². The number of carboxylic acids is 1. The molecule has 3 N–H and O–H groups in total. The molecule has 0 aromatic carbocycles. The van der Waals surface area contributed by atoms with Crippen molar-refractivity contribution in [3.63, 3.8) is 0 Å². The Kier molecular flexibility index (Phi) is 4.26. The minimum absolute atomic E-state index is 0.197. The summed E-state index contributed by atoms with van der Waals surface area (Å²) in [4.78, 5) is 16.3. The molecule has 0 saturated heterocycles. The van der Waals surface area contributed by atoms with Crippen LogP contribution in [0.2, 0.25) is 0 Å². The van der Waals surface area contributed by atoms with Crippen molar-refractivity contribution < 1.29 is 9.90 Å². The van der Waals surface area contributed by atoms with Crippen LogP contribution in [0, 0.1) is 11.8 Å². The van der Waals surface area contributed by atoms with Crippen LogP contribution in [0.3, 0.4) is 0 Å². The Balaban J connectivity index is 1.73. The predicted octanol–water partition coefficient (Wildman–Crippen LogP) is 2.72. The smallest absolute Gasteiger partial charge is 0.316 e. The lowest BCUT2D eigenvalue weighted by molar-refractivity contribution is -0.140. The van der Waals surface area contributed by atoms with Crippen LogP contribution in [0.5, 0.6) is 0 Å². The third-order valence-corrected chi connectivity index (χ3v) is 5.71. The van der Waals surface area contributed by atoms with Crippen molar-refractivity contribution in [2.45, 2.75) is 63.3 Å². The van der Waals surface area contributed by atoms with E-state index >= 15 is 0 Å². The van der Waals surface area contributed by atoms with Crippen molar-refractivity contribution in [2.75, 3.05) is 6.54 Å². The van der Waals surface area contributed by atoms with E-state index in [0.29, 0.717) is 19.0 Å². The number of imidazole rings is 1. The number of hydrogen-bond donors (Lipinski definition) is 2. The van der Waals surface area contributed by atoms with Gasteiger partial charge in [0.2, 0.25) is 0 Å². The highest BCUT2D eigenvalue weighted by atomic mass is 16.4. The van der Waals surface area contributed by atoms with E-state index in [1.165, 1.54) is 25.7 Å². The van der Waals surface area contributed by atoms with Gasteiger partial charge in [-0.3, -0.25) is 4.79 Å². The molecule has 5 heteroatoms. The normalized spacial score (nSPS) is 34.5. The first-order valence-electron chi connectivity index (χ1n) is 8.55. The first-order chi connectivity index (χ1) is 10.6. The van der Waals surface area contributed by atoms with Gasteiger partial charge in [0.15, 0.2) is 0 Å². The molecular weight excluding hydrogens is 278 g/mol. The summed E-state index contributed by atoms with van der Waals surface area (Å²) in [5.74, 6) is 0.286. The Morgan fingerprint density at radius 1 is 1.45 bits per heavy atom. The Hall–Kier alpha value is -1.36. The van der Waals surface area contributed by atoms with Crippen LogP contribution in [-0.4, -0.2) is 27.2 Å². The third-order valence-electron chi connectivity index (χ3n) is 5.71. The minimum atomic E-state index is -0.748. The van der Waals surface area contributed by atoms with Crippen LogP contribution in [0.1, 0.15) is 63.6 Å². The van der Waals surface area contributed by atoms with Crippen LogP contribution in [-0.2, 0) is 10.2 Å². The van der Waals surface area contributed by atoms with E-state index < -0.39 is 11.4 Å². The first kappa shape index (κ1) is 15.5. The largest absolute Gasteiger partial charge is 0.481 e. The predicted molar refractivity (Wildman–Crippen MR) is 84.6 cm³/mol.